The van der Waals surface area contributed by atoms with Gasteiger partial charge in [0.2, 0.25) is 0 Å². The molecule has 1 N–H and O–H groups in total. The minimum absolute atomic E-state index is 0.0251. The van der Waals surface area contributed by atoms with Crippen LogP contribution in [0, 0.1) is 0 Å². The van der Waals surface area contributed by atoms with Crippen LogP contribution >= 0.6 is 23.2 Å². The van der Waals surface area contributed by atoms with Crippen molar-refractivity contribution in [3.63, 3.8) is 0 Å². The summed E-state index contributed by atoms with van der Waals surface area (Å²) in [5.41, 5.74) is 4.41. The first-order valence-corrected chi connectivity index (χ1v) is 10.6. The van der Waals surface area contributed by atoms with Crippen molar-refractivity contribution in [2.45, 2.75) is 26.7 Å². The average molecular weight is 452 g/mol. The van der Waals surface area contributed by atoms with E-state index in [4.69, 9.17) is 32.7 Å². The van der Waals surface area contributed by atoms with Crippen LogP contribution < -0.4 is 14.9 Å². The van der Waals surface area contributed by atoms with Crippen LogP contribution in [0.1, 0.15) is 32.3 Å². The van der Waals surface area contributed by atoms with Crippen molar-refractivity contribution in [2.24, 2.45) is 5.10 Å². The summed E-state index contributed by atoms with van der Waals surface area (Å²) in [6.07, 6.45) is 3.48. The van der Waals surface area contributed by atoms with E-state index in [1.165, 1.54) is 0 Å². The van der Waals surface area contributed by atoms with Crippen LogP contribution in [0.3, 0.4) is 0 Å². The number of carbonyl (C=O) groups is 1. The Kier molecular flexibility index (Phi) is 9.77. The summed E-state index contributed by atoms with van der Waals surface area (Å²) in [5.74, 6) is 1.00. The van der Waals surface area contributed by atoms with Crippen LogP contribution in [0.4, 0.5) is 5.69 Å². The Morgan fingerprint density at radius 3 is 2.43 bits per heavy atom. The van der Waals surface area contributed by atoms with E-state index in [9.17, 15) is 4.79 Å². The molecule has 2 rings (SSSR count). The summed E-state index contributed by atoms with van der Waals surface area (Å²) in [7, 11) is 1.55. The number of halogens is 2. The number of nitrogens with zero attached hydrogens (tertiary/aromatic N) is 2. The van der Waals surface area contributed by atoms with Gasteiger partial charge in [-0.25, -0.2) is 0 Å². The van der Waals surface area contributed by atoms with Crippen molar-refractivity contribution in [1.29, 1.82) is 0 Å². The maximum Gasteiger partial charge on any atom is 0.260 e. The van der Waals surface area contributed by atoms with Gasteiger partial charge in [-0.1, -0.05) is 37.0 Å². The lowest BCUT2D eigenvalue weighted by atomic mass is 10.2. The number of carbonyl (C=O) groups excluding carboxylic acids is 1. The molecule has 0 heterocycles. The zero-order valence-electron chi connectivity index (χ0n) is 17.5. The van der Waals surface area contributed by atoms with Gasteiger partial charge in [0.1, 0.15) is 0 Å². The van der Waals surface area contributed by atoms with Gasteiger partial charge in [-0.3, -0.25) is 10.2 Å². The van der Waals surface area contributed by atoms with Gasteiger partial charge in [0, 0.05) is 13.1 Å². The summed E-state index contributed by atoms with van der Waals surface area (Å²) >= 11 is 11.9. The second-order valence-corrected chi connectivity index (χ2v) is 7.39. The first-order chi connectivity index (χ1) is 14.5. The van der Waals surface area contributed by atoms with E-state index in [1.807, 2.05) is 11.0 Å². The number of anilines is 1. The number of hydrazone groups is 1. The lowest BCUT2D eigenvalue weighted by Crippen LogP contribution is -2.36. The van der Waals surface area contributed by atoms with Gasteiger partial charge in [0.15, 0.2) is 18.1 Å². The fourth-order valence-corrected chi connectivity index (χ4v) is 3.06. The molecule has 0 aliphatic carbocycles. The monoisotopic (exact) mass is 451 g/mol. The predicted octanol–water partition coefficient (Wildman–Crippen LogP) is 5.48. The van der Waals surface area contributed by atoms with Gasteiger partial charge < -0.3 is 14.4 Å². The highest BCUT2D eigenvalue weighted by Crippen LogP contribution is 2.28. The third-order valence-corrected chi connectivity index (χ3v) is 4.94. The molecular formula is C22H27Cl2N3O3. The molecule has 6 nitrogen and oxygen atoms in total. The number of hydrogen-bond acceptors (Lipinski definition) is 5. The van der Waals surface area contributed by atoms with Crippen molar-refractivity contribution < 1.29 is 14.3 Å². The third-order valence-electron chi connectivity index (χ3n) is 4.21. The molecule has 0 aliphatic rings. The summed E-state index contributed by atoms with van der Waals surface area (Å²) in [5, 5.41) is 5.13. The predicted molar refractivity (Wildman–Crippen MR) is 123 cm³/mol. The second kappa shape index (κ2) is 12.3. The molecule has 8 heteroatoms. The molecule has 0 fully saturated rings. The Morgan fingerprint density at radius 1 is 1.07 bits per heavy atom. The minimum Gasteiger partial charge on any atom is -0.493 e. The number of amides is 1. The fourth-order valence-electron chi connectivity index (χ4n) is 2.76. The Bertz CT molecular complexity index is 869. The molecule has 2 aromatic carbocycles. The van der Waals surface area contributed by atoms with Crippen molar-refractivity contribution >= 4 is 41.0 Å². The highest BCUT2D eigenvalue weighted by Gasteiger charge is 2.14. The molecule has 0 aliphatic heterocycles. The lowest BCUT2D eigenvalue weighted by Gasteiger charge is -2.21. The Labute approximate surface area is 187 Å². The first kappa shape index (κ1) is 23.8. The van der Waals surface area contributed by atoms with Gasteiger partial charge in [0.05, 0.1) is 29.1 Å². The number of nitrogens with one attached hydrogen (secondary N) is 1. The van der Waals surface area contributed by atoms with Crippen molar-refractivity contribution in [3.05, 3.63) is 52.0 Å². The molecule has 0 saturated carbocycles. The second-order valence-electron chi connectivity index (χ2n) is 6.58. The smallest absolute Gasteiger partial charge is 0.260 e. The highest BCUT2D eigenvalue weighted by atomic mass is 35.5. The molecule has 0 unspecified atom stereocenters. The number of methoxy groups -OCH3 is 1. The molecule has 162 valence electrons. The van der Waals surface area contributed by atoms with Crippen LogP contribution in [0.2, 0.25) is 10.0 Å². The number of hydrogen-bond donors (Lipinski definition) is 1. The van der Waals surface area contributed by atoms with Gasteiger partial charge >= 0.3 is 0 Å². The third kappa shape index (κ3) is 7.11. The molecule has 0 radical (unpaired) electrons. The van der Waals surface area contributed by atoms with Crippen LogP contribution in [-0.2, 0) is 4.79 Å². The maximum absolute atomic E-state index is 12.4. The quantitative estimate of drug-likeness (QED) is 0.363. The first-order valence-electron chi connectivity index (χ1n) is 9.81. The van der Waals surface area contributed by atoms with E-state index in [0.29, 0.717) is 21.5 Å². The average Bonchev–Trinajstić information content (AvgIpc) is 2.74. The van der Waals surface area contributed by atoms with E-state index in [-0.39, 0.29) is 12.5 Å². The van der Waals surface area contributed by atoms with Crippen LogP contribution in [0.25, 0.3) is 0 Å². The summed E-state index contributed by atoms with van der Waals surface area (Å²) < 4.78 is 11.1. The maximum atomic E-state index is 12.4. The SMILES string of the molecule is CCCN(CCC)C(=O)COc1ccc(C=NNc2ccc(Cl)c(Cl)c2)cc1OC. The zero-order valence-corrected chi connectivity index (χ0v) is 19.0. The highest BCUT2D eigenvalue weighted by molar-refractivity contribution is 6.42. The van der Waals surface area contributed by atoms with Crippen molar-refractivity contribution in [1.82, 2.24) is 4.90 Å². The fraction of sp³-hybridized carbons (Fsp3) is 0.364. The van der Waals surface area contributed by atoms with Crippen LogP contribution in [-0.4, -0.2) is 43.8 Å². The van der Waals surface area contributed by atoms with Gasteiger partial charge in [-0.2, -0.15) is 5.10 Å². The standard InChI is InChI=1S/C22H27Cl2N3O3/c1-4-10-27(11-5-2)22(28)15-30-20-9-6-16(12-21(20)29-3)14-25-26-17-7-8-18(23)19(24)13-17/h6-9,12-14,26H,4-5,10-11,15H2,1-3H3. The number of benzene rings is 2. The molecular weight excluding hydrogens is 425 g/mol. The van der Waals surface area contributed by atoms with Crippen molar-refractivity contribution in [3.8, 4) is 11.5 Å². The molecule has 0 saturated heterocycles. The molecule has 0 aromatic heterocycles. The molecule has 2 aromatic rings. The largest absolute Gasteiger partial charge is 0.493 e. The normalized spacial score (nSPS) is 10.8. The summed E-state index contributed by atoms with van der Waals surface area (Å²) in [6.45, 7) is 5.54. The van der Waals surface area contributed by atoms with Crippen molar-refractivity contribution in [2.75, 3.05) is 32.2 Å². The molecule has 1 amide bonds. The molecule has 0 atom stereocenters. The Balaban J connectivity index is 1.99. The minimum atomic E-state index is -0.0304. The van der Waals surface area contributed by atoms with E-state index in [1.54, 1.807) is 43.7 Å². The van der Waals surface area contributed by atoms with Crippen LogP contribution in [0.15, 0.2) is 41.5 Å². The van der Waals surface area contributed by atoms with Gasteiger partial charge in [0.25, 0.3) is 5.91 Å². The van der Waals surface area contributed by atoms with Crippen LogP contribution in [0.5, 0.6) is 11.5 Å². The lowest BCUT2D eigenvalue weighted by molar-refractivity contribution is -0.133. The van der Waals surface area contributed by atoms with Gasteiger partial charge in [-0.15, -0.1) is 0 Å². The topological polar surface area (TPSA) is 63.2 Å². The molecule has 0 bridgehead atoms. The van der Waals surface area contributed by atoms with E-state index < -0.39 is 0 Å². The Hall–Kier alpha value is -2.44. The van der Waals surface area contributed by atoms with E-state index in [2.05, 4.69) is 24.4 Å². The molecule has 0 spiro atoms. The van der Waals surface area contributed by atoms with Gasteiger partial charge in [-0.05, 0) is 54.8 Å². The summed E-state index contributed by atoms with van der Waals surface area (Å²) in [4.78, 5) is 14.2. The number of rotatable bonds is 11. The Morgan fingerprint density at radius 2 is 1.80 bits per heavy atom. The van der Waals surface area contributed by atoms with E-state index >= 15 is 0 Å². The number of ether oxygens (including phenoxy) is 2. The molecule has 30 heavy (non-hydrogen) atoms. The van der Waals surface area contributed by atoms with E-state index in [0.717, 1.165) is 37.2 Å². The summed E-state index contributed by atoms with van der Waals surface area (Å²) in [6, 6.07) is 10.5. The zero-order chi connectivity index (χ0) is 21.9.